The third kappa shape index (κ3) is 5.49. The first-order valence-electron chi connectivity index (χ1n) is 8.88. The maximum Gasteiger partial charge on any atom is 0.223 e. The molecule has 1 unspecified atom stereocenters. The van der Waals surface area contributed by atoms with Gasteiger partial charge in [-0.25, -0.2) is 0 Å². The van der Waals surface area contributed by atoms with Crippen molar-refractivity contribution in [1.82, 2.24) is 10.2 Å². The van der Waals surface area contributed by atoms with Gasteiger partial charge in [-0.15, -0.1) is 0 Å². The van der Waals surface area contributed by atoms with Crippen molar-refractivity contribution in [3.05, 3.63) is 29.8 Å². The lowest BCUT2D eigenvalue weighted by Crippen LogP contribution is -2.34. The smallest absolute Gasteiger partial charge is 0.223 e. The van der Waals surface area contributed by atoms with E-state index in [9.17, 15) is 9.90 Å². The normalized spacial score (nSPS) is 16.9. The zero-order valence-corrected chi connectivity index (χ0v) is 15.2. The number of hydrogen-bond donors (Lipinski definition) is 2. The first-order chi connectivity index (χ1) is 11.5. The molecule has 1 aromatic carbocycles. The molecule has 1 aromatic rings. The Morgan fingerprint density at radius 3 is 2.46 bits per heavy atom. The summed E-state index contributed by atoms with van der Waals surface area (Å²) in [5.74, 6) is 0.618. The number of anilines is 1. The van der Waals surface area contributed by atoms with E-state index in [1.165, 1.54) is 11.3 Å². The van der Waals surface area contributed by atoms with E-state index >= 15 is 0 Å². The first kappa shape index (κ1) is 18.7. The van der Waals surface area contributed by atoms with E-state index in [0.29, 0.717) is 18.9 Å². The summed E-state index contributed by atoms with van der Waals surface area (Å²) >= 11 is 0. The van der Waals surface area contributed by atoms with E-state index in [4.69, 9.17) is 0 Å². The molecule has 1 amide bonds. The highest BCUT2D eigenvalue weighted by Crippen LogP contribution is 2.23. The van der Waals surface area contributed by atoms with Crippen LogP contribution in [-0.2, 0) is 11.3 Å². The summed E-state index contributed by atoms with van der Waals surface area (Å²) in [7, 11) is 3.58. The summed E-state index contributed by atoms with van der Waals surface area (Å²) in [6, 6.07) is 8.82. The number of aliphatic hydroxyl groups excluding tert-OH is 1. The van der Waals surface area contributed by atoms with Gasteiger partial charge in [0.1, 0.15) is 0 Å². The molecule has 1 aliphatic rings. The van der Waals surface area contributed by atoms with E-state index in [1.807, 2.05) is 6.92 Å². The molecule has 1 aliphatic heterocycles. The van der Waals surface area contributed by atoms with E-state index in [2.05, 4.69) is 34.5 Å². The summed E-state index contributed by atoms with van der Waals surface area (Å²) in [4.78, 5) is 15.7. The van der Waals surface area contributed by atoms with Crippen molar-refractivity contribution in [1.29, 1.82) is 0 Å². The van der Waals surface area contributed by atoms with Crippen LogP contribution in [0, 0.1) is 5.92 Å². The second-order valence-electron chi connectivity index (χ2n) is 7.05. The Labute approximate surface area is 145 Å². The molecule has 24 heavy (non-hydrogen) atoms. The molecule has 0 radical (unpaired) electrons. The third-order valence-electron chi connectivity index (χ3n) is 4.81. The second kappa shape index (κ2) is 9.04. The number of carbonyl (C=O) groups is 1. The molecule has 0 spiro atoms. The van der Waals surface area contributed by atoms with Gasteiger partial charge in [0, 0.05) is 58.5 Å². The van der Waals surface area contributed by atoms with Crippen molar-refractivity contribution in [2.75, 3.05) is 38.7 Å². The molecule has 5 heteroatoms. The number of carbonyl (C=O) groups excluding carboxylic acids is 1. The van der Waals surface area contributed by atoms with Gasteiger partial charge in [0.05, 0.1) is 0 Å². The number of amides is 1. The van der Waals surface area contributed by atoms with Crippen molar-refractivity contribution in [3.8, 4) is 0 Å². The summed E-state index contributed by atoms with van der Waals surface area (Å²) < 4.78 is 0. The molecule has 2 N–H and O–H groups in total. The number of aliphatic hydroxyl groups is 1. The molecular formula is C19H31N3O2. The van der Waals surface area contributed by atoms with Gasteiger partial charge in [-0.05, 0) is 43.4 Å². The molecule has 2 rings (SSSR count). The van der Waals surface area contributed by atoms with E-state index in [-0.39, 0.29) is 11.9 Å². The molecular weight excluding hydrogens is 302 g/mol. The Hall–Kier alpha value is -1.59. The molecule has 1 atom stereocenters. The fourth-order valence-corrected chi connectivity index (χ4v) is 3.01. The minimum Gasteiger partial charge on any atom is -0.396 e. The number of benzene rings is 1. The maximum absolute atomic E-state index is 11.7. The Morgan fingerprint density at radius 1 is 1.29 bits per heavy atom. The molecule has 0 aliphatic carbocycles. The van der Waals surface area contributed by atoms with Gasteiger partial charge in [-0.3, -0.25) is 4.79 Å². The van der Waals surface area contributed by atoms with Crippen LogP contribution in [0.4, 0.5) is 5.69 Å². The van der Waals surface area contributed by atoms with Crippen LogP contribution in [0.25, 0.3) is 0 Å². The van der Waals surface area contributed by atoms with Crippen molar-refractivity contribution < 1.29 is 9.90 Å². The Balaban J connectivity index is 1.79. The van der Waals surface area contributed by atoms with E-state index in [1.54, 1.807) is 19.0 Å². The van der Waals surface area contributed by atoms with Gasteiger partial charge in [0.2, 0.25) is 5.91 Å². The topological polar surface area (TPSA) is 55.8 Å². The SMILES string of the molecule is CC(CC(=O)N(C)C)NCc1ccc(N2CCC(CO)CC2)cc1. The van der Waals surface area contributed by atoms with Gasteiger partial charge in [-0.1, -0.05) is 12.1 Å². The summed E-state index contributed by atoms with van der Waals surface area (Å²) in [5, 5.41) is 12.6. The van der Waals surface area contributed by atoms with Gasteiger partial charge >= 0.3 is 0 Å². The molecule has 134 valence electrons. The van der Waals surface area contributed by atoms with Gasteiger partial charge in [0.25, 0.3) is 0 Å². The minimum absolute atomic E-state index is 0.150. The van der Waals surface area contributed by atoms with Crippen molar-refractivity contribution in [2.24, 2.45) is 5.92 Å². The number of nitrogens with one attached hydrogen (secondary N) is 1. The zero-order valence-electron chi connectivity index (χ0n) is 15.2. The lowest BCUT2D eigenvalue weighted by Gasteiger charge is -2.33. The monoisotopic (exact) mass is 333 g/mol. The average Bonchev–Trinajstić information content (AvgIpc) is 2.60. The van der Waals surface area contributed by atoms with Gasteiger partial charge < -0.3 is 20.2 Å². The zero-order chi connectivity index (χ0) is 17.5. The number of rotatable bonds is 7. The highest BCUT2D eigenvalue weighted by Gasteiger charge is 2.18. The highest BCUT2D eigenvalue weighted by atomic mass is 16.3. The summed E-state index contributed by atoms with van der Waals surface area (Å²) in [5.41, 5.74) is 2.49. The Kier molecular flexibility index (Phi) is 7.06. The molecule has 0 aromatic heterocycles. The molecule has 0 bridgehead atoms. The van der Waals surface area contributed by atoms with Gasteiger partial charge in [-0.2, -0.15) is 0 Å². The van der Waals surface area contributed by atoms with Crippen molar-refractivity contribution in [3.63, 3.8) is 0 Å². The highest BCUT2D eigenvalue weighted by molar-refractivity contribution is 5.76. The summed E-state index contributed by atoms with van der Waals surface area (Å²) in [6.07, 6.45) is 2.65. The Bertz CT molecular complexity index is 508. The Morgan fingerprint density at radius 2 is 1.92 bits per heavy atom. The summed E-state index contributed by atoms with van der Waals surface area (Å²) in [6.45, 7) is 5.17. The first-order valence-corrected chi connectivity index (χ1v) is 8.88. The fourth-order valence-electron chi connectivity index (χ4n) is 3.01. The van der Waals surface area contributed by atoms with Crippen LogP contribution in [0.3, 0.4) is 0 Å². The molecule has 0 saturated carbocycles. The van der Waals surface area contributed by atoms with Gasteiger partial charge in [0.15, 0.2) is 0 Å². The molecule has 5 nitrogen and oxygen atoms in total. The van der Waals surface area contributed by atoms with Crippen LogP contribution in [-0.4, -0.2) is 55.7 Å². The van der Waals surface area contributed by atoms with Crippen LogP contribution < -0.4 is 10.2 Å². The van der Waals surface area contributed by atoms with Crippen LogP contribution in [0.15, 0.2) is 24.3 Å². The third-order valence-corrected chi connectivity index (χ3v) is 4.81. The second-order valence-corrected chi connectivity index (χ2v) is 7.05. The van der Waals surface area contributed by atoms with E-state index < -0.39 is 0 Å². The largest absolute Gasteiger partial charge is 0.396 e. The average molecular weight is 333 g/mol. The fraction of sp³-hybridized carbons (Fsp3) is 0.632. The quantitative estimate of drug-likeness (QED) is 0.800. The van der Waals surface area contributed by atoms with Crippen LogP contribution in [0.2, 0.25) is 0 Å². The predicted octanol–water partition coefficient (Wildman–Crippen LogP) is 1.85. The van der Waals surface area contributed by atoms with Crippen LogP contribution >= 0.6 is 0 Å². The predicted molar refractivity (Wildman–Crippen MR) is 98.1 cm³/mol. The minimum atomic E-state index is 0.150. The number of hydrogen-bond acceptors (Lipinski definition) is 4. The molecule has 1 heterocycles. The van der Waals surface area contributed by atoms with Crippen LogP contribution in [0.5, 0.6) is 0 Å². The number of nitrogens with zero attached hydrogens (tertiary/aromatic N) is 2. The van der Waals surface area contributed by atoms with E-state index in [0.717, 1.165) is 32.5 Å². The van der Waals surface area contributed by atoms with Crippen LogP contribution in [0.1, 0.15) is 31.7 Å². The standard InChI is InChI=1S/C19H31N3O2/c1-15(12-19(24)21(2)3)20-13-16-4-6-18(7-5-16)22-10-8-17(14-23)9-11-22/h4-7,15,17,20,23H,8-14H2,1-3H3. The molecule has 1 fully saturated rings. The van der Waals surface area contributed by atoms with Crippen molar-refractivity contribution >= 4 is 11.6 Å². The molecule has 1 saturated heterocycles. The van der Waals surface area contributed by atoms with Crippen molar-refractivity contribution in [2.45, 2.75) is 38.8 Å². The number of piperidine rings is 1. The lowest BCUT2D eigenvalue weighted by molar-refractivity contribution is -0.129. The maximum atomic E-state index is 11.7. The lowest BCUT2D eigenvalue weighted by atomic mass is 9.97.